The van der Waals surface area contributed by atoms with Crippen molar-refractivity contribution in [3.05, 3.63) is 63.7 Å². The summed E-state index contributed by atoms with van der Waals surface area (Å²) < 4.78 is 0. The first kappa shape index (κ1) is 18.4. The molecule has 1 aliphatic heterocycles. The van der Waals surface area contributed by atoms with Crippen LogP contribution in [0.4, 0.5) is 5.69 Å². The predicted molar refractivity (Wildman–Crippen MR) is 102 cm³/mol. The number of likely N-dealkylation sites (tertiary alicyclic amines) is 1. The average molecular weight is 371 g/mol. The normalized spacial score (nSPS) is 16.7. The van der Waals surface area contributed by atoms with Crippen molar-refractivity contribution in [1.29, 1.82) is 0 Å². The molecule has 0 aliphatic carbocycles. The Bertz CT molecular complexity index is 823. The molecule has 136 valence electrons. The van der Waals surface area contributed by atoms with Gasteiger partial charge in [0.1, 0.15) is 0 Å². The predicted octanol–water partition coefficient (Wildman–Crippen LogP) is 3.62. The van der Waals surface area contributed by atoms with E-state index in [0.29, 0.717) is 23.5 Å². The third kappa shape index (κ3) is 3.89. The van der Waals surface area contributed by atoms with E-state index in [2.05, 4.69) is 0 Å². The molecule has 2 N–H and O–H groups in total. The summed E-state index contributed by atoms with van der Waals surface area (Å²) in [6.45, 7) is 3.05. The molecule has 1 unspecified atom stereocenters. The van der Waals surface area contributed by atoms with Crippen LogP contribution in [0.2, 0.25) is 0 Å². The van der Waals surface area contributed by atoms with Gasteiger partial charge in [-0.3, -0.25) is 14.9 Å². The van der Waals surface area contributed by atoms with Crippen LogP contribution in [-0.4, -0.2) is 34.9 Å². The molecule has 3 rings (SSSR count). The molecule has 1 aliphatic rings. The maximum atomic E-state index is 12.7. The van der Waals surface area contributed by atoms with E-state index in [0.717, 1.165) is 23.3 Å². The maximum Gasteiger partial charge on any atom is 0.284 e. The topological polar surface area (TPSA) is 89.5 Å². The van der Waals surface area contributed by atoms with Crippen molar-refractivity contribution in [2.75, 3.05) is 13.1 Å². The Balaban J connectivity index is 1.88. The first-order valence-corrected chi connectivity index (χ1v) is 9.35. The Morgan fingerprint density at radius 1 is 1.31 bits per heavy atom. The van der Waals surface area contributed by atoms with Gasteiger partial charge in [0.2, 0.25) is 0 Å². The molecule has 2 aromatic carbocycles. The van der Waals surface area contributed by atoms with E-state index in [1.165, 1.54) is 17.8 Å². The highest BCUT2D eigenvalue weighted by molar-refractivity contribution is 7.99. The summed E-state index contributed by atoms with van der Waals surface area (Å²) in [5.74, 6) is -0.187. The van der Waals surface area contributed by atoms with E-state index < -0.39 is 4.92 Å². The zero-order valence-corrected chi connectivity index (χ0v) is 15.4. The van der Waals surface area contributed by atoms with E-state index in [1.807, 2.05) is 31.2 Å². The van der Waals surface area contributed by atoms with Crippen LogP contribution in [0.1, 0.15) is 28.8 Å². The van der Waals surface area contributed by atoms with Gasteiger partial charge in [0, 0.05) is 35.7 Å². The van der Waals surface area contributed by atoms with Crippen molar-refractivity contribution in [2.24, 2.45) is 5.73 Å². The van der Waals surface area contributed by atoms with Gasteiger partial charge in [-0.2, -0.15) is 0 Å². The van der Waals surface area contributed by atoms with Crippen molar-refractivity contribution in [3.63, 3.8) is 0 Å². The van der Waals surface area contributed by atoms with E-state index in [9.17, 15) is 14.9 Å². The third-order valence-electron chi connectivity index (χ3n) is 4.56. The van der Waals surface area contributed by atoms with Gasteiger partial charge in [-0.15, -0.1) is 0 Å². The monoisotopic (exact) mass is 371 g/mol. The Morgan fingerprint density at radius 2 is 2.04 bits per heavy atom. The highest BCUT2D eigenvalue weighted by Gasteiger charge is 2.29. The number of benzene rings is 2. The van der Waals surface area contributed by atoms with Gasteiger partial charge in [-0.25, -0.2) is 0 Å². The minimum atomic E-state index is -0.433. The second-order valence-electron chi connectivity index (χ2n) is 6.39. The lowest BCUT2D eigenvalue weighted by Gasteiger charge is -2.23. The van der Waals surface area contributed by atoms with Crippen molar-refractivity contribution in [2.45, 2.75) is 35.6 Å². The molecule has 0 saturated carbocycles. The van der Waals surface area contributed by atoms with Gasteiger partial charge >= 0.3 is 0 Å². The number of nitro benzene ring substituents is 1. The zero-order chi connectivity index (χ0) is 18.7. The molecule has 1 fully saturated rings. The molecule has 0 radical (unpaired) electrons. The smallest absolute Gasteiger partial charge is 0.284 e. The summed E-state index contributed by atoms with van der Waals surface area (Å²) in [6.07, 6.45) is 1.79. The number of aryl methyl sites for hydroxylation is 1. The highest BCUT2D eigenvalue weighted by Crippen LogP contribution is 2.36. The average Bonchev–Trinajstić information content (AvgIpc) is 3.12. The Labute approximate surface area is 156 Å². The Kier molecular flexibility index (Phi) is 5.58. The third-order valence-corrected chi connectivity index (χ3v) is 5.63. The molecule has 0 spiro atoms. The van der Waals surface area contributed by atoms with Crippen molar-refractivity contribution >= 4 is 23.4 Å². The molecule has 26 heavy (non-hydrogen) atoms. The maximum absolute atomic E-state index is 12.7. The van der Waals surface area contributed by atoms with Crippen LogP contribution in [0.3, 0.4) is 0 Å². The highest BCUT2D eigenvalue weighted by atomic mass is 32.2. The van der Waals surface area contributed by atoms with Crippen LogP contribution >= 0.6 is 11.8 Å². The summed E-state index contributed by atoms with van der Waals surface area (Å²) in [5.41, 5.74) is 7.15. The first-order valence-electron chi connectivity index (χ1n) is 8.53. The molecule has 7 heteroatoms. The fourth-order valence-corrected chi connectivity index (χ4v) is 4.03. The van der Waals surface area contributed by atoms with Crippen LogP contribution < -0.4 is 5.73 Å². The van der Waals surface area contributed by atoms with Gasteiger partial charge in [0.05, 0.1) is 9.82 Å². The number of nitrogens with zero attached hydrogens (tertiary/aromatic N) is 2. The van der Waals surface area contributed by atoms with Crippen molar-refractivity contribution < 1.29 is 9.72 Å². The van der Waals surface area contributed by atoms with Gasteiger partial charge < -0.3 is 10.6 Å². The molecular weight excluding hydrogens is 350 g/mol. The molecule has 1 heterocycles. The van der Waals surface area contributed by atoms with E-state index >= 15 is 0 Å². The van der Waals surface area contributed by atoms with E-state index in [-0.39, 0.29) is 17.6 Å². The SMILES string of the molecule is Cc1ccc(Sc2ccc(C(=O)N3CCCC3CN)cc2[N+](=O)[O-])cc1. The lowest BCUT2D eigenvalue weighted by Crippen LogP contribution is -2.39. The lowest BCUT2D eigenvalue weighted by molar-refractivity contribution is -0.387. The zero-order valence-electron chi connectivity index (χ0n) is 14.6. The molecule has 2 aromatic rings. The minimum absolute atomic E-state index is 0.0168. The van der Waals surface area contributed by atoms with Crippen LogP contribution in [-0.2, 0) is 0 Å². The van der Waals surface area contributed by atoms with Crippen LogP contribution in [0.5, 0.6) is 0 Å². The number of nitro groups is 1. The summed E-state index contributed by atoms with van der Waals surface area (Å²) in [6, 6.07) is 12.5. The number of carbonyl (C=O) groups excluding carboxylic acids is 1. The number of rotatable bonds is 5. The van der Waals surface area contributed by atoms with E-state index in [4.69, 9.17) is 5.73 Å². The van der Waals surface area contributed by atoms with Gasteiger partial charge in [0.15, 0.2) is 0 Å². The summed E-state index contributed by atoms with van der Waals surface area (Å²) in [4.78, 5) is 27.0. The van der Waals surface area contributed by atoms with E-state index in [1.54, 1.807) is 17.0 Å². The Morgan fingerprint density at radius 3 is 2.69 bits per heavy atom. The summed E-state index contributed by atoms with van der Waals surface area (Å²) in [7, 11) is 0. The van der Waals surface area contributed by atoms with Crippen LogP contribution in [0.25, 0.3) is 0 Å². The summed E-state index contributed by atoms with van der Waals surface area (Å²) in [5, 5.41) is 11.5. The van der Waals surface area contributed by atoms with Gasteiger partial charge in [-0.1, -0.05) is 29.5 Å². The fourth-order valence-electron chi connectivity index (χ4n) is 3.13. The molecule has 6 nitrogen and oxygen atoms in total. The standard InChI is InChI=1S/C19H21N3O3S/c1-13-4-7-16(8-5-13)26-18-9-6-14(11-17(18)22(24)25)19(23)21-10-2-3-15(21)12-20/h4-9,11,15H,2-3,10,12,20H2,1H3. The summed E-state index contributed by atoms with van der Waals surface area (Å²) >= 11 is 1.32. The minimum Gasteiger partial charge on any atom is -0.334 e. The van der Waals surface area contributed by atoms with Gasteiger partial charge in [0.25, 0.3) is 11.6 Å². The number of carbonyl (C=O) groups is 1. The molecule has 1 saturated heterocycles. The Hall–Kier alpha value is -2.38. The number of amides is 1. The van der Waals surface area contributed by atoms with Crippen LogP contribution in [0.15, 0.2) is 52.3 Å². The second-order valence-corrected chi connectivity index (χ2v) is 7.50. The lowest BCUT2D eigenvalue weighted by atomic mass is 10.1. The fraction of sp³-hybridized carbons (Fsp3) is 0.316. The number of hydrogen-bond acceptors (Lipinski definition) is 5. The molecule has 0 bridgehead atoms. The molecule has 1 atom stereocenters. The molecule has 1 amide bonds. The molecular formula is C19H21N3O3S. The quantitative estimate of drug-likeness (QED) is 0.640. The second kappa shape index (κ2) is 7.88. The van der Waals surface area contributed by atoms with Gasteiger partial charge in [-0.05, 0) is 44.0 Å². The molecule has 0 aromatic heterocycles. The van der Waals surface area contributed by atoms with Crippen molar-refractivity contribution in [1.82, 2.24) is 4.90 Å². The van der Waals surface area contributed by atoms with Crippen LogP contribution in [0, 0.1) is 17.0 Å². The van der Waals surface area contributed by atoms with Crippen molar-refractivity contribution in [3.8, 4) is 0 Å². The number of nitrogens with two attached hydrogens (primary N) is 1. The largest absolute Gasteiger partial charge is 0.334 e. The first-order chi connectivity index (χ1) is 12.5. The number of hydrogen-bond donors (Lipinski definition) is 1.